The van der Waals surface area contributed by atoms with Crippen molar-refractivity contribution in [3.63, 3.8) is 0 Å². The van der Waals surface area contributed by atoms with Crippen LogP contribution in [0, 0.1) is 52.0 Å². The van der Waals surface area contributed by atoms with Gasteiger partial charge in [0.2, 0.25) is 0 Å². The molecule has 0 saturated heterocycles. The maximum absolute atomic E-state index is 5.08. The van der Waals surface area contributed by atoms with Crippen molar-refractivity contribution in [2.75, 3.05) is 9.80 Å². The summed E-state index contributed by atoms with van der Waals surface area (Å²) >= 11 is 0. The van der Waals surface area contributed by atoms with E-state index in [1.54, 1.807) is 0 Å². The van der Waals surface area contributed by atoms with Gasteiger partial charge >= 0.3 is 42.1 Å². The Morgan fingerprint density at radius 3 is 0.725 bits per heavy atom. The molecule has 24 rings (SSSR count). The molecule has 0 spiro atoms. The SMILES string of the molecule is Cc1cnc(-c2[c-]c(N(c3[c-]c(-c4cc(-c5ccc(-c6ccccc6)cc5)c(C)cn4)ccc3)c3ccc(-n4c5ccccc5c5ccccc54)cc3)ccc2)cc1-c1ccc(-c2ccccc2)cc1.Cc1cnc(-c2[c-]c(N(c3[c-]c(-c4cc(-c5ccccc5)c(C)cn4)cc(-c4ccccc4)c3)c3ccc(-n4c5ccccc5c5ccccc54)cc3)cc(-c3ccccc3)c2)cc1-c1ccccc1.[Pt+2].[Pt+2]. The first-order chi connectivity index (χ1) is 69.0. The van der Waals surface area contributed by atoms with Gasteiger partial charge in [0, 0.05) is 69.1 Å². The van der Waals surface area contributed by atoms with Crippen molar-refractivity contribution in [3.8, 4) is 145 Å². The maximum Gasteiger partial charge on any atom is 2.00 e. The second kappa shape index (κ2) is 40.7. The van der Waals surface area contributed by atoms with Crippen LogP contribution in [0.4, 0.5) is 34.1 Å². The number of aryl methyl sites for hydroxylation is 4. The Kier molecular flexibility index (Phi) is 26.2. The molecule has 0 N–H and O–H groups in total. The number of aromatic nitrogens is 6. The summed E-state index contributed by atoms with van der Waals surface area (Å²) in [6, 6.07) is 179. The molecule has 680 valence electrons. The molecule has 142 heavy (non-hydrogen) atoms. The number of anilines is 6. The summed E-state index contributed by atoms with van der Waals surface area (Å²) in [4.78, 5) is 24.7. The van der Waals surface area contributed by atoms with Crippen molar-refractivity contribution in [2.24, 2.45) is 0 Å². The largest absolute Gasteiger partial charge is 2.00 e. The summed E-state index contributed by atoms with van der Waals surface area (Å²) in [5, 5.41) is 4.92. The van der Waals surface area contributed by atoms with Gasteiger partial charge in [0.15, 0.2) is 0 Å². The fourth-order valence-corrected chi connectivity index (χ4v) is 19.5. The number of hydrogen-bond donors (Lipinski definition) is 0. The van der Waals surface area contributed by atoms with Gasteiger partial charge in [0.1, 0.15) is 0 Å². The van der Waals surface area contributed by atoms with E-state index in [4.69, 9.17) is 19.9 Å². The quantitative estimate of drug-likeness (QED) is 0.0709. The van der Waals surface area contributed by atoms with Crippen molar-refractivity contribution in [1.29, 1.82) is 0 Å². The van der Waals surface area contributed by atoms with Crippen LogP contribution in [0.2, 0.25) is 0 Å². The first-order valence-electron chi connectivity index (χ1n) is 47.4. The van der Waals surface area contributed by atoms with Crippen molar-refractivity contribution >= 4 is 77.7 Å². The standard InChI is InChI=1S/2C66H46N4.2Pt/c1-45-43-67-63(41-61(45)49-23-11-5-12-24-49)53-35-51(47-19-7-3-8-20-47)37-57(39-53)69(55-31-33-56(34-32-55)70-65-29-17-15-27-59(65)60-28-16-18-30-66(60)70)58-38-52(48-21-9-4-10-22-48)36-54(40-58)64-42-62(46(2)44-68-64)50-25-13-6-14-26-50;1-45-43-67-63(41-61(45)51-31-27-49(28-32-51)47-15-5-3-6-16-47)53-19-13-21-57(39-53)69(55-35-37-56(38-36-55)70-65-25-11-9-23-59(65)60-24-10-12-26-66(60)70)58-22-14-20-54(40-58)64-42-62(46(2)44-68-64)52-33-29-50(30-34-52)48-17-7-4-8-18-48;;/h2*3-38,41-44H,1-2H3;;/q2*-2;2*+2. The van der Waals surface area contributed by atoms with Crippen LogP contribution in [0.3, 0.4) is 0 Å². The molecule has 0 radical (unpaired) electrons. The number of hydrogen-bond acceptors (Lipinski definition) is 6. The Morgan fingerprint density at radius 2 is 0.423 bits per heavy atom. The van der Waals surface area contributed by atoms with Crippen LogP contribution in [0.5, 0.6) is 0 Å². The Morgan fingerprint density at radius 1 is 0.190 bits per heavy atom. The minimum absolute atomic E-state index is 0. The molecule has 8 nitrogen and oxygen atoms in total. The zero-order chi connectivity index (χ0) is 93.9. The van der Waals surface area contributed by atoms with Gasteiger partial charge in [-0.1, -0.05) is 339 Å². The molecule has 0 unspecified atom stereocenters. The first-order valence-corrected chi connectivity index (χ1v) is 47.4. The van der Waals surface area contributed by atoms with E-state index in [2.05, 4.69) is 532 Å². The van der Waals surface area contributed by atoms with Gasteiger partial charge in [-0.05, 0) is 246 Å². The molecule has 10 heteroatoms. The molecule has 24 aromatic rings. The normalized spacial score (nSPS) is 11.1. The van der Waals surface area contributed by atoms with Crippen LogP contribution in [0.25, 0.3) is 189 Å². The summed E-state index contributed by atoms with van der Waals surface area (Å²) < 4.78 is 4.71. The van der Waals surface area contributed by atoms with Gasteiger partial charge in [0.25, 0.3) is 0 Å². The number of para-hydroxylation sites is 4. The van der Waals surface area contributed by atoms with Crippen LogP contribution in [0.1, 0.15) is 22.3 Å². The average molecular weight is 2180 g/mol. The molecule has 6 heterocycles. The number of nitrogens with zero attached hydrogens (tertiary/aromatic N) is 8. The number of pyridine rings is 4. The third-order valence-corrected chi connectivity index (χ3v) is 26.6. The summed E-state index contributed by atoms with van der Waals surface area (Å²) in [7, 11) is 0. The van der Waals surface area contributed by atoms with Gasteiger partial charge in [0.05, 0.1) is 22.1 Å². The maximum atomic E-state index is 5.08. The van der Waals surface area contributed by atoms with E-state index < -0.39 is 0 Å². The molecule has 0 saturated carbocycles. The minimum atomic E-state index is 0. The topological polar surface area (TPSA) is 67.9 Å². The van der Waals surface area contributed by atoms with E-state index in [1.165, 1.54) is 54.8 Å². The Labute approximate surface area is 857 Å². The zero-order valence-corrected chi connectivity index (χ0v) is 82.9. The monoisotopic (exact) mass is 2180 g/mol. The van der Waals surface area contributed by atoms with Gasteiger partial charge < -0.3 is 38.9 Å². The Hall–Kier alpha value is -16.9. The Balaban J connectivity index is 0.000000166. The second-order valence-electron chi connectivity index (χ2n) is 35.6. The summed E-state index contributed by atoms with van der Waals surface area (Å²) in [5.74, 6) is 0. The van der Waals surface area contributed by atoms with E-state index in [0.717, 1.165) is 191 Å². The molecule has 0 aliphatic rings. The number of benzene rings is 18. The zero-order valence-electron chi connectivity index (χ0n) is 78.4. The van der Waals surface area contributed by atoms with E-state index in [1.807, 2.05) is 24.8 Å². The van der Waals surface area contributed by atoms with E-state index >= 15 is 0 Å². The predicted octanol–water partition coefficient (Wildman–Crippen LogP) is 34.5. The van der Waals surface area contributed by atoms with Gasteiger partial charge in [-0.2, -0.15) is 0 Å². The average Bonchev–Trinajstić information content (AvgIpc) is 1.55. The molecule has 0 aliphatic carbocycles. The van der Waals surface area contributed by atoms with Crippen LogP contribution < -0.4 is 9.80 Å². The first kappa shape index (κ1) is 91.5. The van der Waals surface area contributed by atoms with E-state index in [-0.39, 0.29) is 42.1 Å². The minimum Gasteiger partial charge on any atom is -0.346 e. The summed E-state index contributed by atoms with van der Waals surface area (Å²) in [6.45, 7) is 8.49. The van der Waals surface area contributed by atoms with Crippen LogP contribution in [0.15, 0.2) is 486 Å². The van der Waals surface area contributed by atoms with Crippen molar-refractivity contribution in [2.45, 2.75) is 27.7 Å². The summed E-state index contributed by atoms with van der Waals surface area (Å²) in [5.41, 5.74) is 41.7. The predicted molar refractivity (Wildman–Crippen MR) is 582 cm³/mol. The van der Waals surface area contributed by atoms with Crippen molar-refractivity contribution in [3.05, 3.63) is 532 Å². The van der Waals surface area contributed by atoms with Crippen LogP contribution in [-0.4, -0.2) is 29.1 Å². The summed E-state index contributed by atoms with van der Waals surface area (Å²) in [6.07, 6.45) is 7.90. The number of fused-ring (bicyclic) bond motifs is 6. The van der Waals surface area contributed by atoms with Crippen LogP contribution in [-0.2, 0) is 42.1 Å². The second-order valence-corrected chi connectivity index (χ2v) is 35.6. The van der Waals surface area contributed by atoms with Gasteiger partial charge in [-0.3, -0.25) is 0 Å². The third-order valence-electron chi connectivity index (χ3n) is 26.6. The molecule has 0 aliphatic heterocycles. The van der Waals surface area contributed by atoms with Gasteiger partial charge in [-0.25, -0.2) is 0 Å². The fraction of sp³-hybridized carbons (Fsp3) is 0.0303. The number of rotatable bonds is 20. The molecule has 18 aromatic carbocycles. The van der Waals surface area contributed by atoms with Gasteiger partial charge in [-0.15, -0.1) is 107 Å². The molecular formula is C132H92N8Pt2. The molecule has 0 amide bonds. The van der Waals surface area contributed by atoms with E-state index in [0.29, 0.717) is 0 Å². The fourth-order valence-electron chi connectivity index (χ4n) is 19.5. The Bertz CT molecular complexity index is 8220. The molecule has 0 fully saturated rings. The third kappa shape index (κ3) is 18.5. The molecular weight excluding hydrogens is 2090 g/mol. The van der Waals surface area contributed by atoms with E-state index in [9.17, 15) is 0 Å². The van der Waals surface area contributed by atoms with Crippen LogP contribution >= 0.6 is 0 Å². The molecule has 0 bridgehead atoms. The van der Waals surface area contributed by atoms with Crippen molar-refractivity contribution in [1.82, 2.24) is 29.1 Å². The smallest absolute Gasteiger partial charge is 0.346 e. The molecule has 0 atom stereocenters. The van der Waals surface area contributed by atoms with Crippen molar-refractivity contribution < 1.29 is 42.1 Å². The molecule has 6 aromatic heterocycles.